The van der Waals surface area contributed by atoms with Crippen LogP contribution in [0.2, 0.25) is 0 Å². The molecular weight excluding hydrogens is 502 g/mol. The summed E-state index contributed by atoms with van der Waals surface area (Å²) in [5.41, 5.74) is -2.25. The van der Waals surface area contributed by atoms with Gasteiger partial charge in [0.25, 0.3) is 0 Å². The Morgan fingerprint density at radius 2 is 1.74 bits per heavy atom. The molecule has 0 aromatic carbocycles. The third kappa shape index (κ3) is 7.02. The van der Waals surface area contributed by atoms with Crippen molar-refractivity contribution in [2.45, 2.75) is 96.2 Å². The first-order chi connectivity index (χ1) is 18.1. The van der Waals surface area contributed by atoms with Gasteiger partial charge in [-0.3, -0.25) is 14.5 Å². The third-order valence-electron chi connectivity index (χ3n) is 9.39. The van der Waals surface area contributed by atoms with Crippen molar-refractivity contribution in [3.63, 3.8) is 0 Å². The fourth-order valence-electron chi connectivity index (χ4n) is 6.56. The summed E-state index contributed by atoms with van der Waals surface area (Å²) in [5, 5.41) is 11.2. The molecule has 1 N–H and O–H groups in total. The molecule has 3 heterocycles. The monoisotopic (exact) mass is 555 g/mol. The van der Waals surface area contributed by atoms with Crippen LogP contribution in [0, 0.1) is 17.3 Å². The average Bonchev–Trinajstić information content (AvgIpc) is 2.85. The molecule has 3 rings (SSSR count). The highest BCUT2D eigenvalue weighted by molar-refractivity contribution is 6.04. The predicted octanol–water partition coefficient (Wildman–Crippen LogP) is 1.63. The van der Waals surface area contributed by atoms with Crippen molar-refractivity contribution >= 4 is 11.8 Å². The SMILES string of the molecule is CO[C@]1(C)CCCN(C)C(C2CN(C)C2)COC(=O)C(C)(C)C(=O)[C@H](C)[C@H]1O[C@@H]1O[C@H](C)C[C@H](N(C)C)[C@H]1O. The second kappa shape index (κ2) is 12.8. The lowest BCUT2D eigenvalue weighted by molar-refractivity contribution is -0.295. The van der Waals surface area contributed by atoms with Crippen LogP contribution in [0.4, 0.5) is 0 Å². The van der Waals surface area contributed by atoms with Crippen LogP contribution in [-0.2, 0) is 28.5 Å². The first kappa shape index (κ1) is 32.4. The zero-order valence-corrected chi connectivity index (χ0v) is 25.8. The van der Waals surface area contributed by atoms with Crippen LogP contribution < -0.4 is 0 Å². The highest BCUT2D eigenvalue weighted by atomic mass is 16.7. The van der Waals surface area contributed by atoms with Gasteiger partial charge in [0.1, 0.15) is 18.1 Å². The molecule has 0 aliphatic carbocycles. The van der Waals surface area contributed by atoms with Gasteiger partial charge >= 0.3 is 5.97 Å². The molecule has 3 fully saturated rings. The van der Waals surface area contributed by atoms with Gasteiger partial charge < -0.3 is 33.9 Å². The summed E-state index contributed by atoms with van der Waals surface area (Å²) in [6.45, 7) is 11.9. The number of hydrogen-bond donors (Lipinski definition) is 1. The molecule has 3 aliphatic rings. The molecule has 226 valence electrons. The van der Waals surface area contributed by atoms with Crippen LogP contribution in [0.5, 0.6) is 0 Å². The van der Waals surface area contributed by atoms with Crippen molar-refractivity contribution in [1.82, 2.24) is 14.7 Å². The number of hydrogen-bond acceptors (Lipinski definition) is 10. The lowest BCUT2D eigenvalue weighted by atomic mass is 9.75. The number of aliphatic hydroxyl groups is 1. The van der Waals surface area contributed by atoms with E-state index in [0.29, 0.717) is 18.8 Å². The van der Waals surface area contributed by atoms with Crippen molar-refractivity contribution in [3.8, 4) is 0 Å². The Balaban J connectivity index is 1.94. The number of ketones is 1. The maximum atomic E-state index is 14.0. The number of methoxy groups -OCH3 is 1. The summed E-state index contributed by atoms with van der Waals surface area (Å²) >= 11 is 0. The Bertz CT molecular complexity index is 849. The van der Waals surface area contributed by atoms with E-state index in [4.69, 9.17) is 18.9 Å². The number of carbonyl (C=O) groups excluding carboxylic acids is 2. The molecule has 39 heavy (non-hydrogen) atoms. The number of nitrogens with zero attached hydrogens (tertiary/aromatic N) is 3. The zero-order valence-electron chi connectivity index (χ0n) is 25.8. The van der Waals surface area contributed by atoms with Gasteiger partial charge in [-0.05, 0) is 81.7 Å². The molecule has 1 unspecified atom stereocenters. The number of esters is 1. The number of carbonyl (C=O) groups is 2. The van der Waals surface area contributed by atoms with Crippen LogP contribution in [0.25, 0.3) is 0 Å². The van der Waals surface area contributed by atoms with Crippen LogP contribution in [0.3, 0.4) is 0 Å². The topological polar surface area (TPSA) is 101 Å². The Hall–Kier alpha value is -1.14. The van der Waals surface area contributed by atoms with E-state index in [9.17, 15) is 14.7 Å². The molecule has 0 radical (unpaired) electrons. The first-order valence-electron chi connectivity index (χ1n) is 14.4. The van der Waals surface area contributed by atoms with E-state index in [2.05, 4.69) is 23.9 Å². The minimum absolute atomic E-state index is 0.0744. The molecule has 8 atom stereocenters. The Morgan fingerprint density at radius 1 is 1.10 bits per heavy atom. The molecule has 0 amide bonds. The Kier molecular flexibility index (Phi) is 10.6. The smallest absolute Gasteiger partial charge is 0.319 e. The molecule has 3 saturated heterocycles. The van der Waals surface area contributed by atoms with E-state index in [-0.39, 0.29) is 30.6 Å². The molecule has 0 bridgehead atoms. The largest absolute Gasteiger partial charge is 0.463 e. The van der Waals surface area contributed by atoms with Crippen LogP contribution in [0.1, 0.15) is 53.9 Å². The summed E-state index contributed by atoms with van der Waals surface area (Å²) in [4.78, 5) is 33.8. The van der Waals surface area contributed by atoms with Crippen molar-refractivity contribution in [2.24, 2.45) is 17.3 Å². The quantitative estimate of drug-likeness (QED) is 0.398. The number of likely N-dealkylation sites (tertiary alicyclic amines) is 1. The number of aliphatic hydroxyl groups excluding tert-OH is 1. The van der Waals surface area contributed by atoms with Crippen molar-refractivity contribution in [1.29, 1.82) is 0 Å². The van der Waals surface area contributed by atoms with E-state index in [1.54, 1.807) is 27.9 Å². The van der Waals surface area contributed by atoms with Crippen molar-refractivity contribution < 1.29 is 33.6 Å². The minimum Gasteiger partial charge on any atom is -0.463 e. The van der Waals surface area contributed by atoms with E-state index >= 15 is 0 Å². The molecule has 0 spiro atoms. The summed E-state index contributed by atoms with van der Waals surface area (Å²) < 4.78 is 24.6. The van der Waals surface area contributed by atoms with Crippen LogP contribution in [0.15, 0.2) is 0 Å². The van der Waals surface area contributed by atoms with E-state index < -0.39 is 41.4 Å². The minimum atomic E-state index is -1.38. The molecule has 0 aromatic rings. The fraction of sp³-hybridized carbons (Fsp3) is 0.931. The predicted molar refractivity (Wildman–Crippen MR) is 148 cm³/mol. The number of rotatable bonds is 5. The Labute approximate surface area is 235 Å². The summed E-state index contributed by atoms with van der Waals surface area (Å²) in [5.74, 6) is -1.14. The molecule has 3 aliphatic heterocycles. The number of cyclic esters (lactones) is 1. The fourth-order valence-corrected chi connectivity index (χ4v) is 6.56. The van der Waals surface area contributed by atoms with E-state index in [1.807, 2.05) is 32.8 Å². The summed E-state index contributed by atoms with van der Waals surface area (Å²) in [7, 11) is 9.64. The molecule has 10 nitrogen and oxygen atoms in total. The van der Waals surface area contributed by atoms with Crippen LogP contribution >= 0.6 is 0 Å². The third-order valence-corrected chi connectivity index (χ3v) is 9.39. The van der Waals surface area contributed by atoms with Gasteiger partial charge in [-0.2, -0.15) is 0 Å². The summed E-state index contributed by atoms with van der Waals surface area (Å²) in [6, 6.07) is -0.0822. The highest BCUT2D eigenvalue weighted by Crippen LogP contribution is 2.37. The second-order valence-electron chi connectivity index (χ2n) is 13.2. The molecule has 0 saturated carbocycles. The first-order valence-corrected chi connectivity index (χ1v) is 14.4. The lowest BCUT2D eigenvalue weighted by Crippen LogP contribution is -2.59. The lowest BCUT2D eigenvalue weighted by Gasteiger charge is -2.46. The Morgan fingerprint density at radius 3 is 2.31 bits per heavy atom. The van der Waals surface area contributed by atoms with Gasteiger partial charge in [0.2, 0.25) is 0 Å². The van der Waals surface area contributed by atoms with Gasteiger partial charge in [-0.25, -0.2) is 0 Å². The standard InChI is InChI=1S/C29H53N3O7/c1-18-14-21(30(6)7)23(33)26(38-18)39-25-19(2)24(34)28(3,4)27(35)37-17-22(20-15-31(8)16-20)32(9)13-11-12-29(25,5)36-10/h18-23,25-26,33H,11-17H2,1-10H3/t18-,19+,21+,22?,23-,25-,26+,29-/m1/s1. The number of likely N-dealkylation sites (N-methyl/N-ethyl adjacent to an activating group) is 2. The number of Topliss-reactive ketones (excluding diaryl/α,β-unsaturated/α-hetero) is 1. The zero-order chi connectivity index (χ0) is 29.3. The molecule has 10 heteroatoms. The average molecular weight is 556 g/mol. The molecular formula is C29H53N3O7. The van der Waals surface area contributed by atoms with E-state index in [1.165, 1.54) is 0 Å². The van der Waals surface area contributed by atoms with Gasteiger partial charge in [0.05, 0.1) is 17.8 Å². The maximum absolute atomic E-state index is 14.0. The van der Waals surface area contributed by atoms with Gasteiger partial charge in [-0.15, -0.1) is 0 Å². The normalized spacial score (nSPS) is 40.4. The van der Waals surface area contributed by atoms with Gasteiger partial charge in [-0.1, -0.05) is 6.92 Å². The van der Waals surface area contributed by atoms with Crippen molar-refractivity contribution in [3.05, 3.63) is 0 Å². The van der Waals surface area contributed by atoms with Gasteiger partial charge in [0.15, 0.2) is 12.1 Å². The second-order valence-corrected chi connectivity index (χ2v) is 13.2. The van der Waals surface area contributed by atoms with Gasteiger partial charge in [0, 0.05) is 44.1 Å². The summed E-state index contributed by atoms with van der Waals surface area (Å²) in [6.07, 6.45) is -0.669. The van der Waals surface area contributed by atoms with E-state index in [0.717, 1.165) is 26.1 Å². The maximum Gasteiger partial charge on any atom is 0.319 e. The van der Waals surface area contributed by atoms with Crippen molar-refractivity contribution in [2.75, 3.05) is 61.5 Å². The number of ether oxygens (including phenoxy) is 4. The highest BCUT2D eigenvalue weighted by Gasteiger charge is 2.51. The van der Waals surface area contributed by atoms with Crippen LogP contribution in [-0.4, -0.2) is 135 Å². The molecule has 0 aromatic heterocycles.